The molecule has 1 amide bonds. The normalized spacial score (nSPS) is 15.1. The van der Waals surface area contributed by atoms with Crippen LogP contribution < -0.4 is 9.47 Å². The number of hydrogen-bond acceptors (Lipinski definition) is 5. The van der Waals surface area contributed by atoms with E-state index in [1.807, 2.05) is 49.9 Å². The molecule has 1 aromatic heterocycles. The standard InChI is InChI=1S/C28H34N2O4/c1-6-29-12-14-30(15-13-29)26(31)16-19(3)23-17-24-25(18-34-28(24)20(4)27(23)32-5)21-8-10-22(11-9-21)33-7-2/h8-11,16-18H,6-7,12-15H2,1-5H3/b19-16+. The predicted octanol–water partition coefficient (Wildman–Crippen LogP) is 5.38. The highest BCUT2D eigenvalue weighted by atomic mass is 16.5. The van der Waals surface area contributed by atoms with E-state index in [0.29, 0.717) is 6.61 Å². The van der Waals surface area contributed by atoms with Crippen LogP contribution in [0.5, 0.6) is 11.5 Å². The van der Waals surface area contributed by atoms with E-state index in [2.05, 4.69) is 17.9 Å². The number of benzene rings is 2. The number of nitrogens with zero attached hydrogens (tertiary/aromatic N) is 2. The third-order valence-electron chi connectivity index (χ3n) is 6.62. The van der Waals surface area contributed by atoms with Gasteiger partial charge in [-0.2, -0.15) is 0 Å². The number of methoxy groups -OCH3 is 1. The minimum absolute atomic E-state index is 0.0481. The summed E-state index contributed by atoms with van der Waals surface area (Å²) in [6, 6.07) is 10.1. The number of piperazine rings is 1. The third kappa shape index (κ3) is 4.68. The minimum Gasteiger partial charge on any atom is -0.496 e. The molecular weight excluding hydrogens is 428 g/mol. The molecule has 6 nitrogen and oxygen atoms in total. The summed E-state index contributed by atoms with van der Waals surface area (Å²) < 4.78 is 17.3. The van der Waals surface area contributed by atoms with E-state index in [1.165, 1.54) is 0 Å². The van der Waals surface area contributed by atoms with Gasteiger partial charge in [-0.1, -0.05) is 19.1 Å². The fourth-order valence-electron chi connectivity index (χ4n) is 4.63. The van der Waals surface area contributed by atoms with Crippen LogP contribution in [0.1, 0.15) is 31.9 Å². The van der Waals surface area contributed by atoms with Gasteiger partial charge in [0.15, 0.2) is 0 Å². The molecule has 0 spiro atoms. The van der Waals surface area contributed by atoms with E-state index in [-0.39, 0.29) is 5.91 Å². The first-order chi connectivity index (χ1) is 16.5. The predicted molar refractivity (Wildman–Crippen MR) is 136 cm³/mol. The minimum atomic E-state index is 0.0481. The van der Waals surface area contributed by atoms with Crippen LogP contribution in [0.25, 0.3) is 27.7 Å². The van der Waals surface area contributed by atoms with Gasteiger partial charge < -0.3 is 23.7 Å². The lowest BCUT2D eigenvalue weighted by molar-refractivity contribution is -0.127. The Morgan fingerprint density at radius 2 is 1.82 bits per heavy atom. The number of carbonyl (C=O) groups excluding carboxylic acids is 1. The number of amides is 1. The number of rotatable bonds is 7. The van der Waals surface area contributed by atoms with E-state index < -0.39 is 0 Å². The zero-order chi connectivity index (χ0) is 24.2. The maximum Gasteiger partial charge on any atom is 0.246 e. The Labute approximate surface area is 201 Å². The Morgan fingerprint density at radius 1 is 1.12 bits per heavy atom. The van der Waals surface area contributed by atoms with Crippen LogP contribution in [-0.4, -0.2) is 62.1 Å². The maximum atomic E-state index is 13.0. The zero-order valence-corrected chi connectivity index (χ0v) is 20.8. The summed E-state index contributed by atoms with van der Waals surface area (Å²) >= 11 is 0. The largest absolute Gasteiger partial charge is 0.496 e. The lowest BCUT2D eigenvalue weighted by atomic mass is 9.96. The molecule has 2 aromatic carbocycles. The molecule has 1 aliphatic rings. The lowest BCUT2D eigenvalue weighted by Crippen LogP contribution is -2.48. The van der Waals surface area contributed by atoms with Gasteiger partial charge in [0.2, 0.25) is 5.91 Å². The van der Waals surface area contributed by atoms with Crippen LogP contribution in [0, 0.1) is 6.92 Å². The quantitative estimate of drug-likeness (QED) is 0.441. The Hall–Kier alpha value is -3.25. The van der Waals surface area contributed by atoms with Gasteiger partial charge in [-0.25, -0.2) is 0 Å². The molecule has 34 heavy (non-hydrogen) atoms. The van der Waals surface area contributed by atoms with Crippen molar-refractivity contribution in [1.29, 1.82) is 0 Å². The molecule has 2 heterocycles. The Kier molecular flexibility index (Phi) is 7.27. The monoisotopic (exact) mass is 462 g/mol. The van der Waals surface area contributed by atoms with Crippen molar-refractivity contribution < 1.29 is 18.7 Å². The Bertz CT molecular complexity index is 1190. The number of aryl methyl sites for hydroxylation is 1. The van der Waals surface area contributed by atoms with E-state index >= 15 is 0 Å². The molecule has 0 radical (unpaired) electrons. The molecule has 3 aromatic rings. The average Bonchev–Trinajstić information content (AvgIpc) is 3.29. The fraction of sp³-hybridized carbons (Fsp3) is 0.393. The van der Waals surface area contributed by atoms with Crippen LogP contribution in [0.4, 0.5) is 0 Å². The number of carbonyl (C=O) groups is 1. The smallest absolute Gasteiger partial charge is 0.246 e. The molecule has 0 aliphatic carbocycles. The molecule has 0 bridgehead atoms. The van der Waals surface area contributed by atoms with Gasteiger partial charge in [-0.3, -0.25) is 4.79 Å². The summed E-state index contributed by atoms with van der Waals surface area (Å²) in [5.41, 5.74) is 5.54. The highest BCUT2D eigenvalue weighted by Crippen LogP contribution is 2.40. The highest BCUT2D eigenvalue weighted by Gasteiger charge is 2.21. The molecule has 0 saturated carbocycles. The van der Waals surface area contributed by atoms with Crippen molar-refractivity contribution >= 4 is 22.4 Å². The summed E-state index contributed by atoms with van der Waals surface area (Å²) in [5, 5.41) is 0.995. The summed E-state index contributed by atoms with van der Waals surface area (Å²) in [5.74, 6) is 1.62. The van der Waals surface area contributed by atoms with Gasteiger partial charge in [-0.15, -0.1) is 0 Å². The topological polar surface area (TPSA) is 55.2 Å². The third-order valence-corrected chi connectivity index (χ3v) is 6.62. The van der Waals surface area contributed by atoms with Crippen molar-refractivity contribution in [1.82, 2.24) is 9.80 Å². The molecule has 1 fully saturated rings. The van der Waals surface area contributed by atoms with Crippen molar-refractivity contribution in [3.05, 3.63) is 53.8 Å². The maximum absolute atomic E-state index is 13.0. The molecule has 1 saturated heterocycles. The van der Waals surface area contributed by atoms with Crippen molar-refractivity contribution in [2.45, 2.75) is 27.7 Å². The molecule has 0 unspecified atom stereocenters. The van der Waals surface area contributed by atoms with Crippen LogP contribution in [0.15, 0.2) is 47.1 Å². The first-order valence-electron chi connectivity index (χ1n) is 12.0. The molecule has 4 rings (SSSR count). The molecular formula is C28H34N2O4. The molecule has 180 valence electrons. The SMILES string of the molecule is CCOc1ccc(-c2coc3c(C)c(OC)c(/C(C)=C/C(=O)N4CCN(CC)CC4)cc23)cc1. The first kappa shape index (κ1) is 23.9. The number of allylic oxidation sites excluding steroid dienone is 1. The number of likely N-dealkylation sites (N-methyl/N-ethyl adjacent to an activating group) is 1. The summed E-state index contributed by atoms with van der Waals surface area (Å²) in [6.07, 6.45) is 3.52. The van der Waals surface area contributed by atoms with Crippen LogP contribution in [0.2, 0.25) is 0 Å². The van der Waals surface area contributed by atoms with Gasteiger partial charge in [0.05, 0.1) is 20.0 Å². The first-order valence-corrected chi connectivity index (χ1v) is 12.0. The molecule has 6 heteroatoms. The van der Waals surface area contributed by atoms with Crippen LogP contribution in [-0.2, 0) is 4.79 Å². The number of furan rings is 1. The Balaban J connectivity index is 1.70. The second-order valence-corrected chi connectivity index (χ2v) is 8.65. The van der Waals surface area contributed by atoms with Crippen LogP contribution in [0.3, 0.4) is 0 Å². The van der Waals surface area contributed by atoms with Crippen molar-refractivity contribution in [3.8, 4) is 22.6 Å². The Morgan fingerprint density at radius 3 is 2.44 bits per heavy atom. The van der Waals surface area contributed by atoms with E-state index in [1.54, 1.807) is 19.4 Å². The van der Waals surface area contributed by atoms with E-state index in [9.17, 15) is 4.79 Å². The zero-order valence-electron chi connectivity index (χ0n) is 20.8. The van der Waals surface area contributed by atoms with Crippen molar-refractivity contribution in [2.75, 3.05) is 46.4 Å². The van der Waals surface area contributed by atoms with Gasteiger partial charge in [-0.05, 0) is 56.7 Å². The van der Waals surface area contributed by atoms with Crippen LogP contribution >= 0.6 is 0 Å². The summed E-state index contributed by atoms with van der Waals surface area (Å²) in [6.45, 7) is 13.1. The number of ether oxygens (including phenoxy) is 2. The van der Waals surface area contributed by atoms with E-state index in [4.69, 9.17) is 13.9 Å². The van der Waals surface area contributed by atoms with Gasteiger partial charge in [0, 0.05) is 54.3 Å². The van der Waals surface area contributed by atoms with Gasteiger partial charge in [0.25, 0.3) is 0 Å². The fourth-order valence-corrected chi connectivity index (χ4v) is 4.63. The van der Waals surface area contributed by atoms with Crippen molar-refractivity contribution in [3.63, 3.8) is 0 Å². The second-order valence-electron chi connectivity index (χ2n) is 8.65. The van der Waals surface area contributed by atoms with E-state index in [0.717, 1.165) is 83.0 Å². The number of hydrogen-bond donors (Lipinski definition) is 0. The second kappa shape index (κ2) is 10.3. The molecule has 0 atom stereocenters. The molecule has 1 aliphatic heterocycles. The summed E-state index contributed by atoms with van der Waals surface area (Å²) in [4.78, 5) is 17.3. The van der Waals surface area contributed by atoms with Crippen molar-refractivity contribution in [2.24, 2.45) is 0 Å². The average molecular weight is 463 g/mol. The number of fused-ring (bicyclic) bond motifs is 1. The van der Waals surface area contributed by atoms with Gasteiger partial charge >= 0.3 is 0 Å². The summed E-state index contributed by atoms with van der Waals surface area (Å²) in [7, 11) is 1.66. The molecule has 0 N–H and O–H groups in total. The highest BCUT2D eigenvalue weighted by molar-refractivity contribution is 6.01. The van der Waals surface area contributed by atoms with Gasteiger partial charge in [0.1, 0.15) is 17.1 Å². The lowest BCUT2D eigenvalue weighted by Gasteiger charge is -2.33.